The lowest BCUT2D eigenvalue weighted by molar-refractivity contribution is 0.226. The topological polar surface area (TPSA) is 41.3 Å². The van der Waals surface area contributed by atoms with E-state index in [2.05, 4.69) is 40.5 Å². The van der Waals surface area contributed by atoms with Gasteiger partial charge in [0.05, 0.1) is 0 Å². The third kappa shape index (κ3) is 2.18. The Morgan fingerprint density at radius 1 is 1.15 bits per heavy atom. The number of nitrogens with zero attached hydrogens (tertiary/aromatic N) is 1. The minimum Gasteiger partial charge on any atom is -0.326 e. The summed E-state index contributed by atoms with van der Waals surface area (Å²) < 4.78 is 0. The number of benzene rings is 1. The van der Waals surface area contributed by atoms with Crippen molar-refractivity contribution < 1.29 is 0 Å². The van der Waals surface area contributed by atoms with Crippen LogP contribution < -0.4 is 11.1 Å². The molecule has 108 valence electrons. The molecule has 3 aliphatic rings. The summed E-state index contributed by atoms with van der Waals surface area (Å²) in [5.74, 6) is 0.506. The lowest BCUT2D eigenvalue weighted by Crippen LogP contribution is -2.47. The first-order valence-corrected chi connectivity index (χ1v) is 8.05. The average molecular weight is 271 g/mol. The molecular formula is C17H25N3. The van der Waals surface area contributed by atoms with Gasteiger partial charge in [-0.2, -0.15) is 0 Å². The van der Waals surface area contributed by atoms with Crippen LogP contribution in [0.3, 0.4) is 0 Å². The molecule has 3 nitrogen and oxygen atoms in total. The van der Waals surface area contributed by atoms with Crippen molar-refractivity contribution in [1.29, 1.82) is 0 Å². The number of rotatable bonds is 3. The Morgan fingerprint density at radius 3 is 2.55 bits per heavy atom. The van der Waals surface area contributed by atoms with Gasteiger partial charge in [-0.3, -0.25) is 4.90 Å². The molecule has 20 heavy (non-hydrogen) atoms. The fraction of sp³-hybridized carbons (Fsp3) is 0.647. The molecule has 0 aliphatic carbocycles. The minimum atomic E-state index is 0.285. The highest BCUT2D eigenvalue weighted by atomic mass is 15.2. The van der Waals surface area contributed by atoms with Crippen LogP contribution in [0, 0.1) is 0 Å². The number of nitrogens with two attached hydrogens (primary N) is 1. The Balaban J connectivity index is 1.44. The van der Waals surface area contributed by atoms with Crippen molar-refractivity contribution in [1.82, 2.24) is 10.2 Å². The fourth-order valence-electron chi connectivity index (χ4n) is 4.62. The second-order valence-corrected chi connectivity index (χ2v) is 7.07. The minimum absolute atomic E-state index is 0.285. The molecule has 2 atom stereocenters. The van der Waals surface area contributed by atoms with Crippen LogP contribution in [0.2, 0.25) is 0 Å². The maximum atomic E-state index is 6.41. The fourth-order valence-corrected chi connectivity index (χ4v) is 4.62. The second-order valence-electron chi connectivity index (χ2n) is 7.07. The van der Waals surface area contributed by atoms with Gasteiger partial charge in [-0.1, -0.05) is 30.3 Å². The van der Waals surface area contributed by atoms with Gasteiger partial charge in [0, 0.05) is 43.2 Å². The van der Waals surface area contributed by atoms with Gasteiger partial charge in [-0.05, 0) is 31.2 Å². The molecule has 0 radical (unpaired) electrons. The molecule has 0 aromatic heterocycles. The van der Waals surface area contributed by atoms with Crippen molar-refractivity contribution in [3.63, 3.8) is 0 Å². The van der Waals surface area contributed by atoms with E-state index in [1.807, 2.05) is 0 Å². The van der Waals surface area contributed by atoms with Crippen LogP contribution in [-0.2, 0) is 0 Å². The van der Waals surface area contributed by atoms with Crippen molar-refractivity contribution in [3.05, 3.63) is 35.9 Å². The first-order valence-electron chi connectivity index (χ1n) is 8.05. The highest BCUT2D eigenvalue weighted by molar-refractivity contribution is 5.23. The average Bonchev–Trinajstić information content (AvgIpc) is 3.14. The predicted octanol–water partition coefficient (Wildman–Crippen LogP) is 1.70. The number of fused-ring (bicyclic) bond motifs is 2. The van der Waals surface area contributed by atoms with E-state index < -0.39 is 0 Å². The van der Waals surface area contributed by atoms with E-state index in [0.29, 0.717) is 11.5 Å². The van der Waals surface area contributed by atoms with E-state index in [4.69, 9.17) is 5.73 Å². The molecular weight excluding hydrogens is 246 g/mol. The normalized spacial score (nSPS) is 40.5. The number of hydrogen-bond donors (Lipinski definition) is 2. The van der Waals surface area contributed by atoms with Crippen LogP contribution in [0.1, 0.15) is 37.2 Å². The van der Waals surface area contributed by atoms with Crippen LogP contribution in [0.4, 0.5) is 0 Å². The quantitative estimate of drug-likeness (QED) is 0.879. The first-order chi connectivity index (χ1) is 9.74. The summed E-state index contributed by atoms with van der Waals surface area (Å²) in [7, 11) is 0. The summed E-state index contributed by atoms with van der Waals surface area (Å²) in [5, 5.41) is 3.86. The maximum Gasteiger partial charge on any atom is 0.0312 e. The summed E-state index contributed by atoms with van der Waals surface area (Å²) in [6.45, 7) is 3.37. The molecule has 3 heteroatoms. The highest BCUT2D eigenvalue weighted by Gasteiger charge is 2.46. The third-order valence-corrected chi connectivity index (χ3v) is 5.65. The molecule has 0 amide bonds. The zero-order chi connectivity index (χ0) is 13.6. The predicted molar refractivity (Wildman–Crippen MR) is 81.7 cm³/mol. The third-order valence-electron chi connectivity index (χ3n) is 5.65. The van der Waals surface area contributed by atoms with Gasteiger partial charge in [0.2, 0.25) is 0 Å². The lowest BCUT2D eigenvalue weighted by Gasteiger charge is -2.31. The Kier molecular flexibility index (Phi) is 3.09. The summed E-state index contributed by atoms with van der Waals surface area (Å²) >= 11 is 0. The Bertz CT molecular complexity index is 464. The van der Waals surface area contributed by atoms with Crippen LogP contribution in [-0.4, -0.2) is 42.2 Å². The molecule has 3 heterocycles. The van der Waals surface area contributed by atoms with Crippen molar-refractivity contribution >= 4 is 0 Å². The Hall–Kier alpha value is -0.900. The monoisotopic (exact) mass is 271 g/mol. The number of hydrogen-bond acceptors (Lipinski definition) is 3. The Labute approximate surface area is 121 Å². The van der Waals surface area contributed by atoms with Crippen molar-refractivity contribution in [2.45, 2.75) is 49.2 Å². The van der Waals surface area contributed by atoms with Crippen LogP contribution in [0.15, 0.2) is 30.3 Å². The number of likely N-dealkylation sites (tertiary alicyclic amines) is 1. The zero-order valence-corrected chi connectivity index (χ0v) is 12.1. The van der Waals surface area contributed by atoms with Gasteiger partial charge in [-0.25, -0.2) is 0 Å². The van der Waals surface area contributed by atoms with Gasteiger partial charge in [0.25, 0.3) is 0 Å². The largest absolute Gasteiger partial charge is 0.326 e. The molecule has 0 saturated carbocycles. The molecule has 0 spiro atoms. The van der Waals surface area contributed by atoms with Crippen LogP contribution in [0.25, 0.3) is 0 Å². The second kappa shape index (κ2) is 4.83. The summed E-state index contributed by atoms with van der Waals surface area (Å²) in [6, 6.07) is 11.9. The molecule has 2 bridgehead atoms. The molecule has 3 N–H and O–H groups in total. The van der Waals surface area contributed by atoms with Crippen molar-refractivity contribution in [2.24, 2.45) is 5.73 Å². The van der Waals surface area contributed by atoms with Gasteiger partial charge in [0.1, 0.15) is 0 Å². The maximum absolute atomic E-state index is 6.41. The van der Waals surface area contributed by atoms with Crippen LogP contribution >= 0.6 is 0 Å². The standard InChI is InChI=1S/C17H25N3/c18-16-11-20(10-15(16)13-4-2-1-3-5-13)12-17-8-6-14(19-17)7-9-17/h1-5,14-16,19H,6-12,18H2/t14?,15-,16+,17?/m0/s1. The number of nitrogens with one attached hydrogen (secondary N) is 1. The van der Waals surface area contributed by atoms with Crippen LogP contribution in [0.5, 0.6) is 0 Å². The van der Waals surface area contributed by atoms with Gasteiger partial charge < -0.3 is 11.1 Å². The summed E-state index contributed by atoms with van der Waals surface area (Å²) in [5.41, 5.74) is 8.23. The summed E-state index contributed by atoms with van der Waals surface area (Å²) in [6.07, 6.45) is 5.48. The molecule has 1 aromatic carbocycles. The molecule has 1 aromatic rings. The molecule has 3 saturated heterocycles. The molecule has 3 aliphatic heterocycles. The zero-order valence-electron chi connectivity index (χ0n) is 12.1. The SMILES string of the molecule is N[C@@H]1CN(CC23CCC(CC2)N3)C[C@H]1c1ccccc1. The lowest BCUT2D eigenvalue weighted by atomic mass is 9.87. The first kappa shape index (κ1) is 12.8. The molecule has 0 unspecified atom stereocenters. The molecule has 3 fully saturated rings. The van der Waals surface area contributed by atoms with E-state index in [-0.39, 0.29) is 6.04 Å². The van der Waals surface area contributed by atoms with Gasteiger partial charge >= 0.3 is 0 Å². The van der Waals surface area contributed by atoms with E-state index in [1.54, 1.807) is 0 Å². The highest BCUT2D eigenvalue weighted by Crippen LogP contribution is 2.39. The smallest absolute Gasteiger partial charge is 0.0312 e. The van der Waals surface area contributed by atoms with E-state index >= 15 is 0 Å². The van der Waals surface area contributed by atoms with E-state index in [1.165, 1.54) is 37.8 Å². The van der Waals surface area contributed by atoms with E-state index in [9.17, 15) is 0 Å². The van der Waals surface area contributed by atoms with E-state index in [0.717, 1.165) is 19.1 Å². The van der Waals surface area contributed by atoms with Gasteiger partial charge in [0.15, 0.2) is 0 Å². The van der Waals surface area contributed by atoms with Crippen molar-refractivity contribution in [3.8, 4) is 0 Å². The molecule has 4 rings (SSSR count). The Morgan fingerprint density at radius 2 is 1.90 bits per heavy atom. The van der Waals surface area contributed by atoms with Gasteiger partial charge in [-0.15, -0.1) is 0 Å². The van der Waals surface area contributed by atoms with Crippen molar-refractivity contribution in [2.75, 3.05) is 19.6 Å². The summed E-state index contributed by atoms with van der Waals surface area (Å²) in [4.78, 5) is 2.60.